The lowest BCUT2D eigenvalue weighted by Gasteiger charge is -2.29. The number of nitrogen functional groups attached to an aromatic ring is 1. The van der Waals surface area contributed by atoms with Gasteiger partial charge in [0.25, 0.3) is 0 Å². The number of nitrogens with two attached hydrogens (primary N) is 1. The molecule has 0 aromatic heterocycles. The number of hydrogen-bond donors (Lipinski definition) is 6. The molecule has 0 spiro atoms. The Kier molecular flexibility index (Phi) is 11.6. The van der Waals surface area contributed by atoms with Crippen molar-refractivity contribution < 1.29 is 9.59 Å². The highest BCUT2D eigenvalue weighted by Gasteiger charge is 2.33. The van der Waals surface area contributed by atoms with Gasteiger partial charge in [0, 0.05) is 80.8 Å². The Balaban J connectivity index is 1.34. The van der Waals surface area contributed by atoms with Crippen molar-refractivity contribution in [2.24, 2.45) is 10.9 Å². The molecule has 2 amide bonds. The first kappa shape index (κ1) is 33.8. The van der Waals surface area contributed by atoms with Crippen LogP contribution in [0, 0.1) is 22.1 Å². The Morgan fingerprint density at radius 3 is 2.50 bits per heavy atom. The summed E-state index contributed by atoms with van der Waals surface area (Å²) in [7, 11) is 3.44. The summed E-state index contributed by atoms with van der Waals surface area (Å²) >= 11 is 0. The quantitative estimate of drug-likeness (QED) is 0.120. The lowest BCUT2D eigenvalue weighted by atomic mass is 9.98. The summed E-state index contributed by atoms with van der Waals surface area (Å²) in [5.74, 6) is -0.00897. The zero-order valence-corrected chi connectivity index (χ0v) is 26.8. The second-order valence-electron chi connectivity index (χ2n) is 11.3. The molecule has 1 fully saturated rings. The Hall–Kier alpha value is -5.10. The molecular weight excluding hydrogens is 580 g/mol. The minimum Gasteiger partial charge on any atom is -0.398 e. The summed E-state index contributed by atoms with van der Waals surface area (Å²) in [6.45, 7) is 4.99. The number of nitrogens with zero attached hydrogens (tertiary/aromatic N) is 4. The van der Waals surface area contributed by atoms with E-state index in [1.165, 1.54) is 11.9 Å². The zero-order valence-electron chi connectivity index (χ0n) is 26.8. The van der Waals surface area contributed by atoms with Gasteiger partial charge in [-0.2, -0.15) is 0 Å². The molecule has 0 aliphatic carbocycles. The second-order valence-corrected chi connectivity index (χ2v) is 11.3. The molecule has 1 atom stereocenters. The molecule has 46 heavy (non-hydrogen) atoms. The molecule has 0 unspecified atom stereocenters. The summed E-state index contributed by atoms with van der Waals surface area (Å²) in [6.07, 6.45) is 7.65. The Morgan fingerprint density at radius 1 is 1.11 bits per heavy atom. The van der Waals surface area contributed by atoms with Crippen LogP contribution >= 0.6 is 0 Å². The number of allylic oxidation sites excluding steroid dienone is 1. The van der Waals surface area contributed by atoms with Crippen LogP contribution < -0.4 is 21.3 Å². The van der Waals surface area contributed by atoms with E-state index in [1.807, 2.05) is 36.1 Å². The van der Waals surface area contributed by atoms with E-state index >= 15 is 0 Å². The third-order valence-corrected chi connectivity index (χ3v) is 8.34. The van der Waals surface area contributed by atoms with Gasteiger partial charge >= 0.3 is 0 Å². The Morgan fingerprint density at radius 2 is 1.87 bits per heavy atom. The molecule has 242 valence electrons. The van der Waals surface area contributed by atoms with Crippen molar-refractivity contribution in [3.8, 4) is 0 Å². The fraction of sp³-hybridized carbons (Fsp3) is 0.353. The fourth-order valence-corrected chi connectivity index (χ4v) is 5.78. The third kappa shape index (κ3) is 7.94. The van der Waals surface area contributed by atoms with Gasteiger partial charge in [-0.25, -0.2) is 4.99 Å². The zero-order chi connectivity index (χ0) is 33.2. The number of likely N-dealkylation sites (tertiary alicyclic amines) is 1. The molecule has 0 bridgehead atoms. The van der Waals surface area contributed by atoms with Gasteiger partial charge in [-0.3, -0.25) is 25.3 Å². The minimum absolute atomic E-state index is 0.0155. The van der Waals surface area contributed by atoms with Gasteiger partial charge in [-0.1, -0.05) is 30.3 Å². The van der Waals surface area contributed by atoms with Crippen LogP contribution in [0.4, 0.5) is 11.4 Å². The van der Waals surface area contributed by atoms with E-state index in [-0.39, 0.29) is 35.8 Å². The number of amides is 2. The van der Waals surface area contributed by atoms with E-state index in [1.54, 1.807) is 43.4 Å². The van der Waals surface area contributed by atoms with E-state index in [0.717, 1.165) is 23.8 Å². The van der Waals surface area contributed by atoms with Gasteiger partial charge in [0.05, 0.1) is 24.5 Å². The van der Waals surface area contributed by atoms with Crippen LogP contribution in [0.2, 0.25) is 0 Å². The summed E-state index contributed by atoms with van der Waals surface area (Å²) in [6, 6.07) is 13.0. The van der Waals surface area contributed by atoms with E-state index in [4.69, 9.17) is 22.0 Å². The van der Waals surface area contributed by atoms with Crippen LogP contribution in [0.15, 0.2) is 65.3 Å². The maximum Gasteiger partial charge on any atom is 0.237 e. The number of rotatable bonds is 12. The van der Waals surface area contributed by atoms with E-state index in [9.17, 15) is 9.59 Å². The van der Waals surface area contributed by atoms with Gasteiger partial charge in [0.1, 0.15) is 0 Å². The lowest BCUT2D eigenvalue weighted by molar-refractivity contribution is -0.132. The van der Waals surface area contributed by atoms with Crippen molar-refractivity contribution in [3.05, 3.63) is 77.0 Å². The minimum atomic E-state index is -0.240. The molecule has 7 N–H and O–H groups in total. The van der Waals surface area contributed by atoms with Gasteiger partial charge in [-0.05, 0) is 55.6 Å². The van der Waals surface area contributed by atoms with Crippen LogP contribution in [-0.2, 0) is 9.59 Å². The van der Waals surface area contributed by atoms with Crippen molar-refractivity contribution in [1.29, 1.82) is 16.2 Å². The largest absolute Gasteiger partial charge is 0.398 e. The van der Waals surface area contributed by atoms with Crippen LogP contribution in [-0.4, -0.2) is 99.1 Å². The highest BCUT2D eigenvalue weighted by molar-refractivity contribution is 6.24. The molecule has 2 aliphatic heterocycles. The maximum absolute atomic E-state index is 13.7. The van der Waals surface area contributed by atoms with Crippen LogP contribution in [0.3, 0.4) is 0 Å². The molecule has 0 radical (unpaired) electrons. The van der Waals surface area contributed by atoms with Gasteiger partial charge in [0.2, 0.25) is 11.8 Å². The first-order chi connectivity index (χ1) is 22.2. The number of nitrogens with one attached hydrogen (secondary N) is 5. The number of hydrogen-bond acceptors (Lipinski definition) is 8. The normalized spacial score (nSPS) is 17.0. The highest BCUT2D eigenvalue weighted by Crippen LogP contribution is 2.28. The van der Waals surface area contributed by atoms with Gasteiger partial charge in [0.15, 0.2) is 5.84 Å². The lowest BCUT2D eigenvalue weighted by Crippen LogP contribution is -2.42. The molecule has 2 aliphatic rings. The van der Waals surface area contributed by atoms with Crippen LogP contribution in [0.1, 0.15) is 36.5 Å². The monoisotopic (exact) mass is 624 g/mol. The predicted molar refractivity (Wildman–Crippen MR) is 186 cm³/mol. The van der Waals surface area contributed by atoms with Gasteiger partial charge in [-0.15, -0.1) is 0 Å². The molecular formula is C34H44N10O2. The average molecular weight is 625 g/mol. The van der Waals surface area contributed by atoms with Crippen molar-refractivity contribution >= 4 is 52.9 Å². The molecule has 0 saturated carbocycles. The second kappa shape index (κ2) is 15.8. The topological polar surface area (TPSA) is 178 Å². The smallest absolute Gasteiger partial charge is 0.237 e. The molecule has 2 heterocycles. The maximum atomic E-state index is 13.7. The summed E-state index contributed by atoms with van der Waals surface area (Å²) in [4.78, 5) is 36.6. The van der Waals surface area contributed by atoms with Crippen molar-refractivity contribution in [2.75, 3.05) is 64.0 Å². The molecule has 12 nitrogen and oxygen atoms in total. The first-order valence-electron chi connectivity index (χ1n) is 15.5. The highest BCUT2D eigenvalue weighted by atomic mass is 16.2. The predicted octanol–water partition coefficient (Wildman–Crippen LogP) is 2.95. The number of aliphatic imine (C=N–C) groups is 1. The third-order valence-electron chi connectivity index (χ3n) is 8.34. The molecule has 12 heteroatoms. The number of carbonyl (C=O) groups excluding carboxylic acids is 2. The molecule has 2 aromatic rings. The first-order valence-corrected chi connectivity index (χ1v) is 15.5. The van der Waals surface area contributed by atoms with E-state index in [0.29, 0.717) is 61.7 Å². The molecule has 4 rings (SSSR count). The van der Waals surface area contributed by atoms with Crippen molar-refractivity contribution in [2.45, 2.75) is 19.8 Å². The standard InChI is InChI=1S/C34H44N10O2/c1-4-44(28-9-10-30(36)29(17-28)32(37)27(18-35)19-39-2)34(46)26-11-14-42(20-26)21-31(45)43-15-12-24(13-16-43)23-5-7-25(8-6-23)33(38)41-22-40-3/h5-10,12,17-19,22,26,35,37,39H,4,11,13-16,20-21,36H2,1-3H3,(H2,38,40,41)/b27-19+,35-18?,37-32?/t26-/m1/s1. The molecule has 2 aromatic carbocycles. The van der Waals surface area contributed by atoms with E-state index in [2.05, 4.69) is 26.6 Å². The van der Waals surface area contributed by atoms with E-state index < -0.39 is 0 Å². The summed E-state index contributed by atoms with van der Waals surface area (Å²) in [5.41, 5.74) is 11.2. The Labute approximate surface area is 270 Å². The molecule has 1 saturated heterocycles. The van der Waals surface area contributed by atoms with Crippen molar-refractivity contribution in [1.82, 2.24) is 20.4 Å². The number of anilines is 2. The van der Waals surface area contributed by atoms with Crippen molar-refractivity contribution in [3.63, 3.8) is 0 Å². The number of amidine groups is 1. The SMILES string of the molecule is CCN(C(=O)[C@@H]1CCN(CC(=O)N2CC=C(c3ccc(C(=N)/N=C\NC)cc3)CC2)C1)c1ccc(N)c(C(=N)/C(C=N)=C/NC)c1. The average Bonchev–Trinajstić information content (AvgIpc) is 3.55. The summed E-state index contributed by atoms with van der Waals surface area (Å²) < 4.78 is 0. The van der Waals surface area contributed by atoms with Crippen LogP contribution in [0.5, 0.6) is 0 Å². The Bertz CT molecular complexity index is 1560. The van der Waals surface area contributed by atoms with Gasteiger partial charge < -0.3 is 31.6 Å². The number of benzene rings is 2. The summed E-state index contributed by atoms with van der Waals surface area (Å²) in [5, 5.41) is 29.9. The number of carbonyl (C=O) groups is 2. The van der Waals surface area contributed by atoms with Crippen LogP contribution in [0.25, 0.3) is 5.57 Å². The fourth-order valence-electron chi connectivity index (χ4n) is 5.78.